The molecule has 0 rings (SSSR count). The SMILES string of the molecule is CCCCC/C(CCCC)=N/C. The summed E-state index contributed by atoms with van der Waals surface area (Å²) in [5, 5.41) is 0. The molecule has 0 aliphatic rings. The zero-order valence-electron chi connectivity index (χ0n) is 8.90. The van der Waals surface area contributed by atoms with Gasteiger partial charge in [0.2, 0.25) is 0 Å². The molecule has 0 aromatic carbocycles. The van der Waals surface area contributed by atoms with Crippen molar-refractivity contribution in [1.29, 1.82) is 0 Å². The summed E-state index contributed by atoms with van der Waals surface area (Å²) in [7, 11) is 1.93. The van der Waals surface area contributed by atoms with Crippen molar-refractivity contribution >= 4 is 5.71 Å². The Balaban J connectivity index is 3.41. The summed E-state index contributed by atoms with van der Waals surface area (Å²) in [6, 6.07) is 0. The molecule has 0 N–H and O–H groups in total. The number of unbranched alkanes of at least 4 members (excludes halogenated alkanes) is 3. The number of nitrogens with zero attached hydrogens (tertiary/aromatic N) is 1. The van der Waals surface area contributed by atoms with Crippen LogP contribution in [0, 0.1) is 0 Å². The predicted octanol–water partition coefficient (Wildman–Crippen LogP) is 3.83. The first kappa shape index (κ1) is 11.7. The topological polar surface area (TPSA) is 12.4 Å². The molecule has 0 aliphatic carbocycles. The molecule has 0 radical (unpaired) electrons. The zero-order valence-corrected chi connectivity index (χ0v) is 8.90. The van der Waals surface area contributed by atoms with Crippen LogP contribution in [0.5, 0.6) is 0 Å². The van der Waals surface area contributed by atoms with Crippen molar-refractivity contribution in [1.82, 2.24) is 0 Å². The Morgan fingerprint density at radius 2 is 1.50 bits per heavy atom. The summed E-state index contributed by atoms with van der Waals surface area (Å²) in [6.07, 6.45) is 9.02. The monoisotopic (exact) mass is 169 g/mol. The molecule has 0 unspecified atom stereocenters. The molecule has 0 saturated heterocycles. The molecule has 0 amide bonds. The molecule has 1 heteroatoms. The standard InChI is InChI=1S/C11H23N/c1-4-6-8-10-11(12-3)9-7-5-2/h4-10H2,1-3H3/b12-11+. The Bertz CT molecular complexity index is 116. The van der Waals surface area contributed by atoms with Crippen molar-refractivity contribution in [3.05, 3.63) is 0 Å². The van der Waals surface area contributed by atoms with E-state index in [-0.39, 0.29) is 0 Å². The highest BCUT2D eigenvalue weighted by atomic mass is 14.7. The first-order valence-electron chi connectivity index (χ1n) is 5.29. The summed E-state index contributed by atoms with van der Waals surface area (Å²) >= 11 is 0. The number of rotatable bonds is 7. The van der Waals surface area contributed by atoms with Crippen molar-refractivity contribution in [2.75, 3.05) is 7.05 Å². The van der Waals surface area contributed by atoms with E-state index in [4.69, 9.17) is 0 Å². The van der Waals surface area contributed by atoms with E-state index in [0.717, 1.165) is 0 Å². The number of aliphatic imine (C=N–C) groups is 1. The van der Waals surface area contributed by atoms with E-state index < -0.39 is 0 Å². The van der Waals surface area contributed by atoms with Gasteiger partial charge in [-0.15, -0.1) is 0 Å². The largest absolute Gasteiger partial charge is 0.297 e. The third kappa shape index (κ3) is 6.38. The minimum Gasteiger partial charge on any atom is -0.297 e. The highest BCUT2D eigenvalue weighted by molar-refractivity contribution is 5.84. The summed E-state index contributed by atoms with van der Waals surface area (Å²) < 4.78 is 0. The normalized spacial score (nSPS) is 12.1. The van der Waals surface area contributed by atoms with E-state index in [2.05, 4.69) is 18.8 Å². The second kappa shape index (κ2) is 8.76. The molecule has 1 nitrogen and oxygen atoms in total. The average Bonchev–Trinajstić information content (AvgIpc) is 2.11. The van der Waals surface area contributed by atoms with Crippen molar-refractivity contribution in [2.24, 2.45) is 4.99 Å². The first-order chi connectivity index (χ1) is 5.85. The van der Waals surface area contributed by atoms with Crippen LogP contribution in [-0.2, 0) is 0 Å². The lowest BCUT2D eigenvalue weighted by Crippen LogP contribution is -1.97. The quantitative estimate of drug-likeness (QED) is 0.406. The second-order valence-corrected chi connectivity index (χ2v) is 3.35. The van der Waals surface area contributed by atoms with Crippen LogP contribution in [0.1, 0.15) is 58.8 Å². The van der Waals surface area contributed by atoms with Gasteiger partial charge in [-0.1, -0.05) is 33.1 Å². The van der Waals surface area contributed by atoms with Crippen molar-refractivity contribution < 1.29 is 0 Å². The maximum atomic E-state index is 4.31. The Kier molecular flexibility index (Phi) is 8.52. The molecule has 0 atom stereocenters. The molecule has 12 heavy (non-hydrogen) atoms. The van der Waals surface area contributed by atoms with Gasteiger partial charge in [0.15, 0.2) is 0 Å². The molecule has 0 fully saturated rings. The maximum absolute atomic E-state index is 4.31. The molecule has 72 valence electrons. The lowest BCUT2D eigenvalue weighted by molar-refractivity contribution is 0.727. The van der Waals surface area contributed by atoms with Crippen molar-refractivity contribution in [3.8, 4) is 0 Å². The molecule has 0 bridgehead atoms. The molecule has 0 aliphatic heterocycles. The van der Waals surface area contributed by atoms with E-state index in [1.165, 1.54) is 50.7 Å². The minimum absolute atomic E-state index is 1.22. The van der Waals surface area contributed by atoms with Crippen LogP contribution in [0.4, 0.5) is 0 Å². The van der Waals surface area contributed by atoms with Crippen LogP contribution in [0.25, 0.3) is 0 Å². The van der Waals surface area contributed by atoms with Gasteiger partial charge in [0.25, 0.3) is 0 Å². The van der Waals surface area contributed by atoms with Gasteiger partial charge in [0.05, 0.1) is 0 Å². The zero-order chi connectivity index (χ0) is 9.23. The molecule has 0 aromatic rings. The van der Waals surface area contributed by atoms with Gasteiger partial charge in [-0.2, -0.15) is 0 Å². The summed E-state index contributed by atoms with van der Waals surface area (Å²) in [6.45, 7) is 4.48. The van der Waals surface area contributed by atoms with E-state index in [1.807, 2.05) is 7.05 Å². The molecule has 0 heterocycles. The van der Waals surface area contributed by atoms with Crippen LogP contribution >= 0.6 is 0 Å². The van der Waals surface area contributed by atoms with Gasteiger partial charge >= 0.3 is 0 Å². The first-order valence-corrected chi connectivity index (χ1v) is 5.29. The van der Waals surface area contributed by atoms with Crippen LogP contribution < -0.4 is 0 Å². The van der Waals surface area contributed by atoms with Gasteiger partial charge < -0.3 is 0 Å². The Morgan fingerprint density at radius 3 is 2.00 bits per heavy atom. The summed E-state index contributed by atoms with van der Waals surface area (Å²) in [5.41, 5.74) is 1.42. The predicted molar refractivity (Wildman–Crippen MR) is 57.0 cm³/mol. The fourth-order valence-corrected chi connectivity index (χ4v) is 1.31. The second-order valence-electron chi connectivity index (χ2n) is 3.35. The van der Waals surface area contributed by atoms with E-state index >= 15 is 0 Å². The van der Waals surface area contributed by atoms with Crippen LogP contribution in [0.3, 0.4) is 0 Å². The number of hydrogen-bond acceptors (Lipinski definition) is 1. The van der Waals surface area contributed by atoms with E-state index in [0.29, 0.717) is 0 Å². The van der Waals surface area contributed by atoms with Gasteiger partial charge in [0, 0.05) is 12.8 Å². The Morgan fingerprint density at radius 1 is 0.917 bits per heavy atom. The van der Waals surface area contributed by atoms with Crippen LogP contribution in [0.2, 0.25) is 0 Å². The van der Waals surface area contributed by atoms with Gasteiger partial charge in [-0.3, -0.25) is 4.99 Å². The Hall–Kier alpha value is -0.330. The van der Waals surface area contributed by atoms with E-state index in [9.17, 15) is 0 Å². The van der Waals surface area contributed by atoms with Gasteiger partial charge in [-0.25, -0.2) is 0 Å². The third-order valence-corrected chi connectivity index (χ3v) is 2.20. The summed E-state index contributed by atoms with van der Waals surface area (Å²) in [4.78, 5) is 4.31. The lowest BCUT2D eigenvalue weighted by Gasteiger charge is -2.03. The molecule has 0 aromatic heterocycles. The smallest absolute Gasteiger partial charge is 0.0276 e. The van der Waals surface area contributed by atoms with E-state index in [1.54, 1.807) is 0 Å². The van der Waals surface area contributed by atoms with Crippen LogP contribution in [-0.4, -0.2) is 12.8 Å². The highest BCUT2D eigenvalue weighted by Gasteiger charge is 1.96. The Labute approximate surface area is 77.3 Å². The van der Waals surface area contributed by atoms with Crippen molar-refractivity contribution in [3.63, 3.8) is 0 Å². The molecule has 0 spiro atoms. The minimum atomic E-state index is 1.22. The van der Waals surface area contributed by atoms with Crippen molar-refractivity contribution in [2.45, 2.75) is 58.8 Å². The van der Waals surface area contributed by atoms with Gasteiger partial charge in [-0.05, 0) is 25.7 Å². The van der Waals surface area contributed by atoms with Crippen LogP contribution in [0.15, 0.2) is 4.99 Å². The fraction of sp³-hybridized carbons (Fsp3) is 0.909. The maximum Gasteiger partial charge on any atom is 0.0276 e. The highest BCUT2D eigenvalue weighted by Crippen LogP contribution is 2.06. The molecular formula is C11H23N. The van der Waals surface area contributed by atoms with Gasteiger partial charge in [0.1, 0.15) is 0 Å². The number of hydrogen-bond donors (Lipinski definition) is 0. The average molecular weight is 169 g/mol. The third-order valence-electron chi connectivity index (χ3n) is 2.20. The lowest BCUT2D eigenvalue weighted by atomic mass is 10.1. The molecular weight excluding hydrogens is 146 g/mol. The fourth-order valence-electron chi connectivity index (χ4n) is 1.31. The molecule has 0 saturated carbocycles. The summed E-state index contributed by atoms with van der Waals surface area (Å²) in [5.74, 6) is 0.